The number of phenols is 2. The summed E-state index contributed by atoms with van der Waals surface area (Å²) in [5.41, 5.74) is 0. The first-order chi connectivity index (χ1) is 9.41. The van der Waals surface area contributed by atoms with Gasteiger partial charge in [0.15, 0.2) is 23.3 Å². The van der Waals surface area contributed by atoms with Crippen LogP contribution in [-0.4, -0.2) is 10.2 Å². The maximum Gasteiger partial charge on any atom is 0.198 e. The summed E-state index contributed by atoms with van der Waals surface area (Å²) < 4.78 is 53.7. The summed E-state index contributed by atoms with van der Waals surface area (Å²) in [4.78, 5) is 0. The van der Waals surface area contributed by atoms with Crippen LogP contribution in [0.3, 0.4) is 0 Å². The van der Waals surface area contributed by atoms with Gasteiger partial charge in [0.05, 0.1) is 0 Å². The molecule has 3 aromatic rings. The van der Waals surface area contributed by atoms with Crippen LogP contribution < -0.4 is 0 Å². The Labute approximate surface area is 109 Å². The standard InChI is InChI=1S/C14H6F4O2/c15-11-7-3-5-6(10(20)2-1-9(5)19)4-8(7)12(16)14(18)13(11)17/h1-4,19-20H. The predicted octanol–water partition coefficient (Wildman–Crippen LogP) is 3.96. The van der Waals surface area contributed by atoms with E-state index in [-0.39, 0.29) is 22.3 Å². The van der Waals surface area contributed by atoms with Crippen molar-refractivity contribution in [1.82, 2.24) is 0 Å². The minimum absolute atomic E-state index is 0.00167. The highest BCUT2D eigenvalue weighted by atomic mass is 19.2. The normalized spacial score (nSPS) is 11.4. The molecule has 0 amide bonds. The summed E-state index contributed by atoms with van der Waals surface area (Å²) in [5, 5.41) is 18.3. The van der Waals surface area contributed by atoms with Crippen molar-refractivity contribution in [1.29, 1.82) is 0 Å². The summed E-state index contributed by atoms with van der Waals surface area (Å²) in [5.74, 6) is -7.55. The first-order valence-corrected chi connectivity index (χ1v) is 5.52. The Morgan fingerprint density at radius 2 is 0.900 bits per heavy atom. The molecule has 0 aromatic heterocycles. The van der Waals surface area contributed by atoms with E-state index in [1.807, 2.05) is 0 Å². The summed E-state index contributed by atoms with van der Waals surface area (Å²) in [7, 11) is 0. The number of phenolic OH excluding ortho intramolecular Hbond substituents is 2. The van der Waals surface area contributed by atoms with Gasteiger partial charge in [-0.25, -0.2) is 17.6 Å². The third-order valence-corrected chi connectivity index (χ3v) is 3.16. The zero-order valence-corrected chi connectivity index (χ0v) is 9.72. The van der Waals surface area contributed by atoms with E-state index in [2.05, 4.69) is 0 Å². The van der Waals surface area contributed by atoms with Crippen LogP contribution in [0.25, 0.3) is 21.5 Å². The van der Waals surface area contributed by atoms with Crippen LogP contribution in [0.2, 0.25) is 0 Å². The van der Waals surface area contributed by atoms with E-state index in [0.29, 0.717) is 0 Å². The maximum atomic E-state index is 13.7. The van der Waals surface area contributed by atoms with Crippen molar-refractivity contribution >= 4 is 21.5 Å². The molecule has 2 N–H and O–H groups in total. The van der Waals surface area contributed by atoms with Crippen LogP contribution in [0.5, 0.6) is 11.5 Å². The van der Waals surface area contributed by atoms with Crippen LogP contribution in [0.15, 0.2) is 24.3 Å². The van der Waals surface area contributed by atoms with Crippen molar-refractivity contribution in [3.8, 4) is 11.5 Å². The van der Waals surface area contributed by atoms with Crippen molar-refractivity contribution in [3.63, 3.8) is 0 Å². The molecule has 0 unspecified atom stereocenters. The molecule has 0 saturated heterocycles. The minimum Gasteiger partial charge on any atom is -0.507 e. The second-order valence-electron chi connectivity index (χ2n) is 4.30. The van der Waals surface area contributed by atoms with Gasteiger partial charge in [-0.2, -0.15) is 0 Å². The van der Waals surface area contributed by atoms with E-state index < -0.39 is 34.0 Å². The van der Waals surface area contributed by atoms with Crippen molar-refractivity contribution in [3.05, 3.63) is 47.5 Å². The van der Waals surface area contributed by atoms with Gasteiger partial charge in [-0.15, -0.1) is 0 Å². The number of halogens is 4. The fraction of sp³-hybridized carbons (Fsp3) is 0. The van der Waals surface area contributed by atoms with Crippen LogP contribution in [-0.2, 0) is 0 Å². The second kappa shape index (κ2) is 4.00. The second-order valence-corrected chi connectivity index (χ2v) is 4.30. The highest BCUT2D eigenvalue weighted by Crippen LogP contribution is 2.37. The van der Waals surface area contributed by atoms with Gasteiger partial charge in [-0.05, 0) is 24.3 Å². The Morgan fingerprint density at radius 1 is 0.550 bits per heavy atom. The quantitative estimate of drug-likeness (QED) is 0.215. The molecule has 102 valence electrons. The lowest BCUT2D eigenvalue weighted by Crippen LogP contribution is -1.98. The molecule has 0 fully saturated rings. The molecule has 2 nitrogen and oxygen atoms in total. The minimum atomic E-state index is -1.92. The monoisotopic (exact) mass is 282 g/mol. The molecule has 6 heteroatoms. The number of hydrogen-bond acceptors (Lipinski definition) is 2. The zero-order chi connectivity index (χ0) is 14.6. The number of fused-ring (bicyclic) bond motifs is 2. The topological polar surface area (TPSA) is 40.5 Å². The van der Waals surface area contributed by atoms with Gasteiger partial charge in [0.1, 0.15) is 11.5 Å². The molecular formula is C14H6F4O2. The molecule has 0 heterocycles. The first kappa shape index (κ1) is 12.5. The molecule has 0 radical (unpaired) electrons. The third-order valence-electron chi connectivity index (χ3n) is 3.16. The average molecular weight is 282 g/mol. The molecule has 0 bridgehead atoms. The summed E-state index contributed by atoms with van der Waals surface area (Å²) in [6, 6.07) is 4.22. The number of benzene rings is 3. The van der Waals surface area contributed by atoms with E-state index in [9.17, 15) is 27.8 Å². The van der Waals surface area contributed by atoms with Crippen molar-refractivity contribution in [2.45, 2.75) is 0 Å². The Balaban J connectivity index is 2.62. The van der Waals surface area contributed by atoms with E-state index in [0.717, 1.165) is 24.3 Å². The van der Waals surface area contributed by atoms with Gasteiger partial charge < -0.3 is 10.2 Å². The summed E-state index contributed by atoms with van der Waals surface area (Å²) in [6.45, 7) is 0. The van der Waals surface area contributed by atoms with Crippen molar-refractivity contribution < 1.29 is 27.8 Å². The molecule has 0 aliphatic carbocycles. The molecule has 0 atom stereocenters. The molecule has 3 aromatic carbocycles. The molecule has 0 aliphatic heterocycles. The van der Waals surface area contributed by atoms with E-state index in [1.54, 1.807) is 0 Å². The highest BCUT2D eigenvalue weighted by molar-refractivity contribution is 6.03. The van der Waals surface area contributed by atoms with Crippen LogP contribution in [0.4, 0.5) is 17.6 Å². The summed E-state index contributed by atoms with van der Waals surface area (Å²) in [6.07, 6.45) is 0. The van der Waals surface area contributed by atoms with Gasteiger partial charge in [0.25, 0.3) is 0 Å². The lowest BCUT2D eigenvalue weighted by Gasteiger charge is -2.09. The molecule has 20 heavy (non-hydrogen) atoms. The van der Waals surface area contributed by atoms with E-state index in [4.69, 9.17) is 0 Å². The SMILES string of the molecule is Oc1ccc(O)c2cc3c(F)c(F)c(F)c(F)c3cc12. The Morgan fingerprint density at radius 3 is 1.25 bits per heavy atom. The molecule has 0 saturated carbocycles. The first-order valence-electron chi connectivity index (χ1n) is 5.52. The van der Waals surface area contributed by atoms with Crippen LogP contribution in [0, 0.1) is 23.3 Å². The molecule has 0 aliphatic rings. The Hall–Kier alpha value is -2.50. The van der Waals surface area contributed by atoms with Crippen LogP contribution in [0.1, 0.15) is 0 Å². The largest absolute Gasteiger partial charge is 0.507 e. The smallest absolute Gasteiger partial charge is 0.198 e. The van der Waals surface area contributed by atoms with E-state index >= 15 is 0 Å². The van der Waals surface area contributed by atoms with Gasteiger partial charge in [0, 0.05) is 21.5 Å². The van der Waals surface area contributed by atoms with Gasteiger partial charge >= 0.3 is 0 Å². The number of hydrogen-bond donors (Lipinski definition) is 2. The van der Waals surface area contributed by atoms with Crippen molar-refractivity contribution in [2.75, 3.05) is 0 Å². The highest BCUT2D eigenvalue weighted by Gasteiger charge is 2.21. The average Bonchev–Trinajstić information content (AvgIpc) is 2.45. The molecular weight excluding hydrogens is 276 g/mol. The molecule has 0 spiro atoms. The summed E-state index contributed by atoms with van der Waals surface area (Å²) >= 11 is 0. The maximum absolute atomic E-state index is 13.7. The Bertz CT molecular complexity index is 803. The lowest BCUT2D eigenvalue weighted by molar-refractivity contribution is 0.418. The van der Waals surface area contributed by atoms with Gasteiger partial charge in [-0.1, -0.05) is 0 Å². The third kappa shape index (κ3) is 1.51. The predicted molar refractivity (Wildman–Crippen MR) is 64.6 cm³/mol. The van der Waals surface area contributed by atoms with Crippen LogP contribution >= 0.6 is 0 Å². The van der Waals surface area contributed by atoms with E-state index in [1.165, 1.54) is 0 Å². The fourth-order valence-corrected chi connectivity index (χ4v) is 2.15. The van der Waals surface area contributed by atoms with Gasteiger partial charge in [0.2, 0.25) is 0 Å². The number of aromatic hydroxyl groups is 2. The van der Waals surface area contributed by atoms with Gasteiger partial charge in [-0.3, -0.25) is 0 Å². The molecule has 3 rings (SSSR count). The zero-order valence-electron chi connectivity index (χ0n) is 9.72. The van der Waals surface area contributed by atoms with Crippen molar-refractivity contribution in [2.24, 2.45) is 0 Å². The lowest BCUT2D eigenvalue weighted by atomic mass is 10.0. The number of rotatable bonds is 0. The Kier molecular flexibility index (Phi) is 2.50. The fourth-order valence-electron chi connectivity index (χ4n) is 2.15.